The summed E-state index contributed by atoms with van der Waals surface area (Å²) in [6.45, 7) is 8.03. The first-order valence-electron chi connectivity index (χ1n) is 11.7. The Bertz CT molecular complexity index is 1090. The normalized spacial score (nSPS) is 14.1. The number of carbonyl (C=O) groups excluding carboxylic acids is 2. The number of rotatable bonds is 9. The predicted molar refractivity (Wildman–Crippen MR) is 138 cm³/mol. The van der Waals surface area contributed by atoms with Crippen LogP contribution in [0, 0.1) is 6.92 Å². The first kappa shape index (κ1) is 23.9. The number of hydrogen-bond donors (Lipinski definition) is 2. The molecule has 0 atom stereocenters. The van der Waals surface area contributed by atoms with Crippen molar-refractivity contribution in [1.29, 1.82) is 0 Å². The molecular weight excluding hydrogens is 446 g/mol. The first-order valence-corrected chi connectivity index (χ1v) is 12.6. The fourth-order valence-electron chi connectivity index (χ4n) is 4.08. The van der Waals surface area contributed by atoms with Gasteiger partial charge in [0.05, 0.1) is 5.69 Å². The largest absolute Gasteiger partial charge is 0.369 e. The maximum absolute atomic E-state index is 12.6. The van der Waals surface area contributed by atoms with Crippen LogP contribution in [0.3, 0.4) is 0 Å². The highest BCUT2D eigenvalue weighted by atomic mass is 32.1. The number of pyridine rings is 1. The van der Waals surface area contributed by atoms with E-state index in [1.807, 2.05) is 5.38 Å². The van der Waals surface area contributed by atoms with Crippen LogP contribution in [0.25, 0.3) is 0 Å². The molecule has 7 nitrogen and oxygen atoms in total. The SMILES string of the molecule is Cc1cccc(N2CCN(CCCCNC(=O)c3sccc3NC(=O)c3ccncc3)CC2)c1. The lowest BCUT2D eigenvalue weighted by molar-refractivity contribution is 0.0957. The third-order valence-electron chi connectivity index (χ3n) is 5.99. The van der Waals surface area contributed by atoms with Crippen LogP contribution in [0.5, 0.6) is 0 Å². The van der Waals surface area contributed by atoms with Crippen molar-refractivity contribution >= 4 is 34.5 Å². The molecule has 8 heteroatoms. The molecule has 1 saturated heterocycles. The summed E-state index contributed by atoms with van der Waals surface area (Å²) in [5, 5.41) is 7.63. The molecule has 178 valence electrons. The molecule has 1 fully saturated rings. The summed E-state index contributed by atoms with van der Waals surface area (Å²) in [6.07, 6.45) is 5.11. The average molecular weight is 478 g/mol. The Balaban J connectivity index is 1.15. The highest BCUT2D eigenvalue weighted by Gasteiger charge is 2.18. The number of aryl methyl sites for hydroxylation is 1. The second kappa shape index (κ2) is 11.8. The number of anilines is 2. The zero-order valence-corrected chi connectivity index (χ0v) is 20.3. The van der Waals surface area contributed by atoms with Crippen LogP contribution in [-0.2, 0) is 0 Å². The zero-order chi connectivity index (χ0) is 23.8. The van der Waals surface area contributed by atoms with Crippen molar-refractivity contribution in [2.24, 2.45) is 0 Å². The molecule has 0 unspecified atom stereocenters. The van der Waals surface area contributed by atoms with E-state index < -0.39 is 0 Å². The number of unbranched alkanes of at least 4 members (excludes halogenated alkanes) is 1. The molecule has 3 heterocycles. The van der Waals surface area contributed by atoms with E-state index >= 15 is 0 Å². The van der Waals surface area contributed by atoms with E-state index in [4.69, 9.17) is 0 Å². The monoisotopic (exact) mass is 477 g/mol. The minimum absolute atomic E-state index is 0.146. The van der Waals surface area contributed by atoms with E-state index in [0.29, 0.717) is 22.7 Å². The number of benzene rings is 1. The van der Waals surface area contributed by atoms with Crippen LogP contribution in [0.15, 0.2) is 60.2 Å². The summed E-state index contributed by atoms with van der Waals surface area (Å²) >= 11 is 1.33. The number of amides is 2. The topological polar surface area (TPSA) is 77.6 Å². The fraction of sp³-hybridized carbons (Fsp3) is 0.346. The lowest BCUT2D eigenvalue weighted by Gasteiger charge is -2.36. The smallest absolute Gasteiger partial charge is 0.263 e. The van der Waals surface area contributed by atoms with E-state index in [1.165, 1.54) is 22.6 Å². The highest BCUT2D eigenvalue weighted by Crippen LogP contribution is 2.23. The van der Waals surface area contributed by atoms with E-state index in [0.717, 1.165) is 45.6 Å². The van der Waals surface area contributed by atoms with Gasteiger partial charge in [0.25, 0.3) is 11.8 Å². The second-order valence-corrected chi connectivity index (χ2v) is 9.40. The Labute approximate surface area is 204 Å². The van der Waals surface area contributed by atoms with Crippen LogP contribution in [0.4, 0.5) is 11.4 Å². The molecule has 0 radical (unpaired) electrons. The molecular formula is C26H31N5O2S. The molecule has 1 aromatic carbocycles. The Morgan fingerprint density at radius 1 is 1.00 bits per heavy atom. The molecule has 2 N–H and O–H groups in total. The molecule has 0 spiro atoms. The van der Waals surface area contributed by atoms with E-state index in [1.54, 1.807) is 30.6 Å². The van der Waals surface area contributed by atoms with Crippen molar-refractivity contribution in [3.63, 3.8) is 0 Å². The van der Waals surface area contributed by atoms with E-state index in [-0.39, 0.29) is 11.8 Å². The highest BCUT2D eigenvalue weighted by molar-refractivity contribution is 7.12. The van der Waals surface area contributed by atoms with Gasteiger partial charge in [-0.25, -0.2) is 0 Å². The fourth-order valence-corrected chi connectivity index (χ4v) is 4.84. The van der Waals surface area contributed by atoms with Gasteiger partial charge in [-0.2, -0.15) is 0 Å². The summed E-state index contributed by atoms with van der Waals surface area (Å²) in [7, 11) is 0. The Hall–Kier alpha value is -3.23. The summed E-state index contributed by atoms with van der Waals surface area (Å²) in [5.74, 6) is -0.399. The molecule has 0 aliphatic carbocycles. The van der Waals surface area contributed by atoms with Crippen molar-refractivity contribution in [1.82, 2.24) is 15.2 Å². The van der Waals surface area contributed by atoms with Crippen LogP contribution < -0.4 is 15.5 Å². The Morgan fingerprint density at radius 2 is 1.79 bits per heavy atom. The number of aromatic nitrogens is 1. The van der Waals surface area contributed by atoms with Gasteiger partial charge in [0.2, 0.25) is 0 Å². The molecule has 0 saturated carbocycles. The number of hydrogen-bond acceptors (Lipinski definition) is 6. The third-order valence-corrected chi connectivity index (χ3v) is 6.90. The van der Waals surface area contributed by atoms with Crippen LogP contribution >= 0.6 is 11.3 Å². The van der Waals surface area contributed by atoms with Gasteiger partial charge in [-0.05, 0) is 67.6 Å². The molecule has 1 aliphatic heterocycles. The van der Waals surface area contributed by atoms with Crippen LogP contribution in [-0.4, -0.2) is 61.0 Å². The first-order chi connectivity index (χ1) is 16.6. The molecule has 4 rings (SSSR count). The van der Waals surface area contributed by atoms with Crippen molar-refractivity contribution in [2.75, 3.05) is 49.5 Å². The number of carbonyl (C=O) groups is 2. The van der Waals surface area contributed by atoms with Crippen molar-refractivity contribution in [2.45, 2.75) is 19.8 Å². The van der Waals surface area contributed by atoms with E-state index in [9.17, 15) is 9.59 Å². The van der Waals surface area contributed by atoms with Crippen molar-refractivity contribution < 1.29 is 9.59 Å². The Morgan fingerprint density at radius 3 is 2.56 bits per heavy atom. The van der Waals surface area contributed by atoms with Crippen molar-refractivity contribution in [3.05, 3.63) is 76.2 Å². The standard InChI is InChI=1S/C26H31N5O2S/c1-20-5-4-6-22(19-20)31-16-14-30(15-17-31)13-3-2-10-28-26(33)24-23(9-18-34-24)29-25(32)21-7-11-27-12-8-21/h4-9,11-12,18-19H,2-3,10,13-17H2,1H3,(H,28,33)(H,29,32). The average Bonchev–Trinajstić information content (AvgIpc) is 3.33. The Kier molecular flexibility index (Phi) is 8.27. The van der Waals surface area contributed by atoms with Gasteiger partial charge >= 0.3 is 0 Å². The van der Waals surface area contributed by atoms with Gasteiger partial charge in [-0.15, -0.1) is 11.3 Å². The number of nitrogens with zero attached hydrogens (tertiary/aromatic N) is 3. The molecule has 34 heavy (non-hydrogen) atoms. The second-order valence-electron chi connectivity index (χ2n) is 8.48. The summed E-state index contributed by atoms with van der Waals surface area (Å²) in [4.78, 5) is 34.4. The number of nitrogens with one attached hydrogen (secondary N) is 2. The number of thiophene rings is 1. The minimum atomic E-state index is -0.252. The molecule has 2 amide bonds. The molecule has 2 aromatic heterocycles. The van der Waals surface area contributed by atoms with Gasteiger partial charge in [0.15, 0.2) is 0 Å². The van der Waals surface area contributed by atoms with Crippen LogP contribution in [0.2, 0.25) is 0 Å². The van der Waals surface area contributed by atoms with Gasteiger partial charge in [-0.1, -0.05) is 12.1 Å². The van der Waals surface area contributed by atoms with Gasteiger partial charge in [0, 0.05) is 56.4 Å². The van der Waals surface area contributed by atoms with Gasteiger partial charge in [-0.3, -0.25) is 19.5 Å². The summed E-state index contributed by atoms with van der Waals surface area (Å²) in [6, 6.07) is 13.7. The zero-order valence-electron chi connectivity index (χ0n) is 19.5. The van der Waals surface area contributed by atoms with Gasteiger partial charge in [0.1, 0.15) is 4.88 Å². The maximum atomic E-state index is 12.6. The summed E-state index contributed by atoms with van der Waals surface area (Å²) in [5.41, 5.74) is 3.66. The minimum Gasteiger partial charge on any atom is -0.369 e. The lowest BCUT2D eigenvalue weighted by Crippen LogP contribution is -2.46. The molecule has 0 bridgehead atoms. The van der Waals surface area contributed by atoms with Crippen LogP contribution in [0.1, 0.15) is 38.4 Å². The predicted octanol–water partition coefficient (Wildman–Crippen LogP) is 4.04. The molecule has 3 aromatic rings. The number of piperazine rings is 1. The third kappa shape index (κ3) is 6.42. The van der Waals surface area contributed by atoms with Crippen molar-refractivity contribution in [3.8, 4) is 0 Å². The summed E-state index contributed by atoms with van der Waals surface area (Å²) < 4.78 is 0. The van der Waals surface area contributed by atoms with Gasteiger partial charge < -0.3 is 15.5 Å². The molecule has 1 aliphatic rings. The lowest BCUT2D eigenvalue weighted by atomic mass is 10.2. The van der Waals surface area contributed by atoms with E-state index in [2.05, 4.69) is 56.6 Å². The maximum Gasteiger partial charge on any atom is 0.263 e. The quantitative estimate of drug-likeness (QED) is 0.455.